The van der Waals surface area contributed by atoms with Crippen molar-refractivity contribution in [2.45, 2.75) is 42.9 Å². The van der Waals surface area contributed by atoms with E-state index in [1.165, 1.54) is 12.5 Å². The molecule has 0 saturated heterocycles. The maximum Gasteiger partial charge on any atom is 0.238 e. The van der Waals surface area contributed by atoms with Crippen molar-refractivity contribution in [3.63, 3.8) is 0 Å². The highest BCUT2D eigenvalue weighted by Crippen LogP contribution is 2.36. The van der Waals surface area contributed by atoms with Gasteiger partial charge >= 0.3 is 0 Å². The molecule has 1 aromatic rings. The van der Waals surface area contributed by atoms with Crippen molar-refractivity contribution >= 4 is 15.7 Å². The second-order valence-corrected chi connectivity index (χ2v) is 6.21. The van der Waals surface area contributed by atoms with Gasteiger partial charge < -0.3 is 5.73 Å². The first-order chi connectivity index (χ1) is 7.98. The third kappa shape index (κ3) is 2.79. The van der Waals surface area contributed by atoms with E-state index in [4.69, 9.17) is 10.9 Å². The SMILES string of the molecule is Nc1ccc(S(N)(=O)=O)c(C2CCCCC2)c1. The van der Waals surface area contributed by atoms with Crippen LogP contribution in [0.4, 0.5) is 5.69 Å². The van der Waals surface area contributed by atoms with E-state index in [1.807, 2.05) is 0 Å². The van der Waals surface area contributed by atoms with Gasteiger partial charge in [-0.15, -0.1) is 0 Å². The lowest BCUT2D eigenvalue weighted by molar-refractivity contribution is 0.438. The Balaban J connectivity index is 2.46. The first-order valence-electron chi connectivity index (χ1n) is 5.91. The molecule has 1 aliphatic rings. The van der Waals surface area contributed by atoms with Crippen LogP contribution in [0.5, 0.6) is 0 Å². The van der Waals surface area contributed by atoms with Crippen molar-refractivity contribution in [3.05, 3.63) is 23.8 Å². The van der Waals surface area contributed by atoms with Gasteiger partial charge in [0.15, 0.2) is 0 Å². The van der Waals surface area contributed by atoms with E-state index in [2.05, 4.69) is 0 Å². The van der Waals surface area contributed by atoms with E-state index in [9.17, 15) is 8.42 Å². The Morgan fingerprint density at radius 2 is 1.76 bits per heavy atom. The molecule has 0 atom stereocenters. The Morgan fingerprint density at radius 3 is 2.35 bits per heavy atom. The van der Waals surface area contributed by atoms with Gasteiger partial charge in [-0.05, 0) is 42.5 Å². The third-order valence-electron chi connectivity index (χ3n) is 3.39. The molecular formula is C12H18N2O2S. The first kappa shape index (κ1) is 12.4. The highest BCUT2D eigenvalue weighted by atomic mass is 32.2. The minimum atomic E-state index is -3.66. The summed E-state index contributed by atoms with van der Waals surface area (Å²) in [6.07, 6.45) is 5.55. The number of rotatable bonds is 2. The smallest absolute Gasteiger partial charge is 0.238 e. The normalized spacial score (nSPS) is 18.2. The van der Waals surface area contributed by atoms with Crippen LogP contribution in [0.1, 0.15) is 43.6 Å². The summed E-state index contributed by atoms with van der Waals surface area (Å²) in [5.41, 5.74) is 7.14. The molecule has 1 fully saturated rings. The Bertz CT molecular complexity index is 505. The molecule has 4 N–H and O–H groups in total. The fraction of sp³-hybridized carbons (Fsp3) is 0.500. The standard InChI is InChI=1S/C12H18N2O2S/c13-10-6-7-12(17(14,15)16)11(8-10)9-4-2-1-3-5-9/h6-9H,1-5,13H2,(H2,14,15,16). The van der Waals surface area contributed by atoms with Crippen molar-refractivity contribution in [1.29, 1.82) is 0 Å². The fourth-order valence-electron chi connectivity index (χ4n) is 2.56. The monoisotopic (exact) mass is 254 g/mol. The van der Waals surface area contributed by atoms with Crippen LogP contribution in [-0.4, -0.2) is 8.42 Å². The van der Waals surface area contributed by atoms with E-state index in [1.54, 1.807) is 12.1 Å². The minimum Gasteiger partial charge on any atom is -0.399 e. The van der Waals surface area contributed by atoms with Gasteiger partial charge in [-0.2, -0.15) is 0 Å². The number of primary sulfonamides is 1. The highest BCUT2D eigenvalue weighted by Gasteiger charge is 2.22. The summed E-state index contributed by atoms with van der Waals surface area (Å²) in [6, 6.07) is 4.87. The number of hydrogen-bond acceptors (Lipinski definition) is 3. The van der Waals surface area contributed by atoms with Gasteiger partial charge in [-0.25, -0.2) is 13.6 Å². The number of sulfonamides is 1. The van der Waals surface area contributed by atoms with E-state index in [-0.39, 0.29) is 10.8 Å². The van der Waals surface area contributed by atoms with Crippen LogP contribution in [0.2, 0.25) is 0 Å². The van der Waals surface area contributed by atoms with Crippen LogP contribution in [-0.2, 0) is 10.0 Å². The van der Waals surface area contributed by atoms with Crippen molar-refractivity contribution < 1.29 is 8.42 Å². The van der Waals surface area contributed by atoms with Crippen LogP contribution in [0, 0.1) is 0 Å². The Kier molecular flexibility index (Phi) is 3.40. The van der Waals surface area contributed by atoms with Crippen LogP contribution in [0.3, 0.4) is 0 Å². The molecule has 0 bridgehead atoms. The first-order valence-corrected chi connectivity index (χ1v) is 7.45. The summed E-state index contributed by atoms with van der Waals surface area (Å²) >= 11 is 0. The average molecular weight is 254 g/mol. The Morgan fingerprint density at radius 1 is 1.12 bits per heavy atom. The van der Waals surface area contributed by atoms with Crippen molar-refractivity contribution in [2.24, 2.45) is 5.14 Å². The summed E-state index contributed by atoms with van der Waals surface area (Å²) in [7, 11) is -3.66. The fourth-order valence-corrected chi connectivity index (χ4v) is 3.37. The van der Waals surface area contributed by atoms with Crippen LogP contribution in [0.25, 0.3) is 0 Å². The molecule has 0 radical (unpaired) electrons. The van der Waals surface area contributed by atoms with Crippen molar-refractivity contribution in [3.8, 4) is 0 Å². The van der Waals surface area contributed by atoms with Gasteiger partial charge in [0.25, 0.3) is 0 Å². The molecule has 17 heavy (non-hydrogen) atoms. The molecule has 0 aliphatic heterocycles. The molecule has 0 unspecified atom stereocenters. The van der Waals surface area contributed by atoms with Crippen molar-refractivity contribution in [1.82, 2.24) is 0 Å². The van der Waals surface area contributed by atoms with Gasteiger partial charge in [0, 0.05) is 5.69 Å². The summed E-state index contributed by atoms with van der Waals surface area (Å²) in [5, 5.41) is 5.25. The predicted molar refractivity (Wildman–Crippen MR) is 68.1 cm³/mol. The lowest BCUT2D eigenvalue weighted by Crippen LogP contribution is -2.17. The number of hydrogen-bond donors (Lipinski definition) is 2. The molecule has 1 aliphatic carbocycles. The zero-order valence-electron chi connectivity index (χ0n) is 9.72. The summed E-state index contributed by atoms with van der Waals surface area (Å²) in [4.78, 5) is 0.235. The van der Waals surface area contributed by atoms with Gasteiger partial charge in [-0.3, -0.25) is 0 Å². The second kappa shape index (κ2) is 4.66. The molecule has 1 saturated carbocycles. The topological polar surface area (TPSA) is 86.2 Å². The molecule has 0 heterocycles. The number of nitrogens with two attached hydrogens (primary N) is 2. The summed E-state index contributed by atoms with van der Waals surface area (Å²) in [6.45, 7) is 0. The highest BCUT2D eigenvalue weighted by molar-refractivity contribution is 7.89. The number of nitrogen functional groups attached to an aromatic ring is 1. The Labute approximate surface area is 102 Å². The van der Waals surface area contributed by atoms with Gasteiger partial charge in [-0.1, -0.05) is 19.3 Å². The molecule has 94 valence electrons. The van der Waals surface area contributed by atoms with E-state index in [0.29, 0.717) is 5.69 Å². The summed E-state index contributed by atoms with van der Waals surface area (Å²) in [5.74, 6) is 0.278. The third-order valence-corrected chi connectivity index (χ3v) is 4.37. The molecule has 1 aromatic carbocycles. The van der Waals surface area contributed by atoms with Crippen molar-refractivity contribution in [2.75, 3.05) is 5.73 Å². The van der Waals surface area contributed by atoms with E-state index >= 15 is 0 Å². The predicted octanol–water partition coefficient (Wildman–Crippen LogP) is 1.96. The molecule has 4 nitrogen and oxygen atoms in total. The second-order valence-electron chi connectivity index (χ2n) is 4.68. The largest absolute Gasteiger partial charge is 0.399 e. The zero-order valence-corrected chi connectivity index (χ0v) is 10.5. The van der Waals surface area contributed by atoms with Crippen LogP contribution in [0.15, 0.2) is 23.1 Å². The van der Waals surface area contributed by atoms with Gasteiger partial charge in [0.1, 0.15) is 0 Å². The molecule has 0 amide bonds. The number of anilines is 1. The number of benzene rings is 1. The molecule has 0 spiro atoms. The van der Waals surface area contributed by atoms with E-state index < -0.39 is 10.0 Å². The molecular weight excluding hydrogens is 236 g/mol. The maximum atomic E-state index is 11.5. The molecule has 0 aromatic heterocycles. The van der Waals surface area contributed by atoms with Crippen LogP contribution < -0.4 is 10.9 Å². The quantitative estimate of drug-likeness (QED) is 0.791. The summed E-state index contributed by atoms with van der Waals surface area (Å²) < 4.78 is 23.1. The average Bonchev–Trinajstić information content (AvgIpc) is 2.28. The molecule has 5 heteroatoms. The van der Waals surface area contributed by atoms with Gasteiger partial charge in [0.2, 0.25) is 10.0 Å². The lowest BCUT2D eigenvalue weighted by atomic mass is 9.84. The maximum absolute atomic E-state index is 11.5. The zero-order chi connectivity index (χ0) is 12.5. The van der Waals surface area contributed by atoms with Gasteiger partial charge in [0.05, 0.1) is 4.90 Å². The van der Waals surface area contributed by atoms with Crippen LogP contribution >= 0.6 is 0 Å². The lowest BCUT2D eigenvalue weighted by Gasteiger charge is -2.24. The minimum absolute atomic E-state index is 0.235. The van der Waals surface area contributed by atoms with E-state index in [0.717, 1.165) is 31.2 Å². The Hall–Kier alpha value is -1.07. The molecule has 2 rings (SSSR count).